The summed E-state index contributed by atoms with van der Waals surface area (Å²) in [5.41, 5.74) is 5.08. The molecule has 1 fully saturated rings. The number of hydrogen-bond acceptors (Lipinski definition) is 4. The van der Waals surface area contributed by atoms with Gasteiger partial charge in [0.1, 0.15) is 5.41 Å². The minimum absolute atomic E-state index is 0.0152. The van der Waals surface area contributed by atoms with Crippen molar-refractivity contribution < 1.29 is 10.0 Å². The summed E-state index contributed by atoms with van der Waals surface area (Å²) >= 11 is 0. The Morgan fingerprint density at radius 2 is 1.90 bits per heavy atom. The smallest absolute Gasteiger partial charge is 0.236 e. The summed E-state index contributed by atoms with van der Waals surface area (Å²) in [6, 6.07) is 0.330. The Hall–Kier alpha value is -1.30. The lowest BCUT2D eigenvalue weighted by molar-refractivity contribution is -0.142. The highest BCUT2D eigenvalue weighted by atomic mass is 16.4. The van der Waals surface area contributed by atoms with Gasteiger partial charge in [0.25, 0.3) is 0 Å². The van der Waals surface area contributed by atoms with Crippen molar-refractivity contribution in [3.63, 3.8) is 0 Å². The van der Waals surface area contributed by atoms with Crippen LogP contribution in [0.1, 0.15) is 46.5 Å². The quantitative estimate of drug-likeness (QED) is 0.337. The average Bonchev–Trinajstić information content (AvgIpc) is 2.48. The second-order valence-corrected chi connectivity index (χ2v) is 6.15. The molecule has 0 aromatic carbocycles. The van der Waals surface area contributed by atoms with Crippen LogP contribution in [0.25, 0.3) is 0 Å². The van der Waals surface area contributed by atoms with E-state index in [2.05, 4.69) is 24.0 Å². The number of nitrogens with two attached hydrogens (primary N) is 1. The molecular formula is C15H30N4O2. The number of carbonyl (C=O) groups is 1. The number of nitrogens with zero attached hydrogens (tertiary/aromatic N) is 3. The van der Waals surface area contributed by atoms with Crippen LogP contribution in [-0.2, 0) is 4.79 Å². The van der Waals surface area contributed by atoms with E-state index in [0.29, 0.717) is 32.0 Å². The van der Waals surface area contributed by atoms with E-state index in [1.807, 2.05) is 18.7 Å². The molecule has 6 heteroatoms. The molecule has 1 unspecified atom stereocenters. The number of rotatable bonds is 6. The number of carbonyl (C=O) groups excluding carboxylic acids is 1. The first-order valence-corrected chi connectivity index (χ1v) is 7.90. The minimum Gasteiger partial charge on any atom is -0.409 e. The van der Waals surface area contributed by atoms with Gasteiger partial charge >= 0.3 is 0 Å². The van der Waals surface area contributed by atoms with Gasteiger partial charge in [-0.2, -0.15) is 0 Å². The fourth-order valence-corrected chi connectivity index (χ4v) is 3.19. The number of amides is 1. The molecule has 0 aliphatic carbocycles. The van der Waals surface area contributed by atoms with E-state index in [4.69, 9.17) is 10.9 Å². The molecular weight excluding hydrogens is 268 g/mol. The Bertz CT molecular complexity index is 378. The Balaban J connectivity index is 3.04. The molecule has 21 heavy (non-hydrogen) atoms. The zero-order chi connectivity index (χ0) is 16.0. The number of piperazine rings is 1. The summed E-state index contributed by atoms with van der Waals surface area (Å²) in [5, 5.41) is 12.3. The van der Waals surface area contributed by atoms with Crippen LogP contribution in [0.2, 0.25) is 0 Å². The third kappa shape index (κ3) is 3.67. The lowest BCUT2D eigenvalue weighted by Crippen LogP contribution is -2.58. The minimum atomic E-state index is -0.853. The maximum Gasteiger partial charge on any atom is 0.236 e. The van der Waals surface area contributed by atoms with Gasteiger partial charge in [-0.05, 0) is 26.8 Å². The predicted molar refractivity (Wildman–Crippen MR) is 84.3 cm³/mol. The second kappa shape index (κ2) is 7.64. The number of oxime groups is 1. The van der Waals surface area contributed by atoms with E-state index < -0.39 is 5.41 Å². The van der Waals surface area contributed by atoms with Crippen LogP contribution in [0.15, 0.2) is 5.16 Å². The standard InChI is InChI=1S/C15H30N4O2/c1-5-7-15(8-6-2,13(16)17-21)14(20)19-10-9-18(4)12(3)11-19/h12,21H,5-11H2,1-4H3,(H2,16,17). The third-order valence-electron chi connectivity index (χ3n) is 4.61. The molecule has 1 saturated heterocycles. The van der Waals surface area contributed by atoms with Crippen LogP contribution in [-0.4, -0.2) is 59.5 Å². The molecule has 6 nitrogen and oxygen atoms in total. The van der Waals surface area contributed by atoms with Crippen molar-refractivity contribution >= 4 is 11.7 Å². The Kier molecular flexibility index (Phi) is 6.45. The van der Waals surface area contributed by atoms with Gasteiger partial charge in [0.15, 0.2) is 5.84 Å². The summed E-state index contributed by atoms with van der Waals surface area (Å²) in [5.74, 6) is 0.0734. The second-order valence-electron chi connectivity index (χ2n) is 6.15. The Labute approximate surface area is 128 Å². The van der Waals surface area contributed by atoms with E-state index in [9.17, 15) is 4.79 Å². The molecule has 1 amide bonds. The molecule has 1 atom stereocenters. The van der Waals surface area contributed by atoms with E-state index in [-0.39, 0.29) is 11.7 Å². The molecule has 0 radical (unpaired) electrons. The average molecular weight is 298 g/mol. The molecule has 3 N–H and O–H groups in total. The predicted octanol–water partition coefficient (Wildman–Crippen LogP) is 1.48. The highest BCUT2D eigenvalue weighted by molar-refractivity contribution is 6.06. The van der Waals surface area contributed by atoms with Crippen molar-refractivity contribution in [3.8, 4) is 0 Å². The highest BCUT2D eigenvalue weighted by Crippen LogP contribution is 2.33. The number of hydrogen-bond donors (Lipinski definition) is 2. The zero-order valence-electron chi connectivity index (χ0n) is 13.8. The molecule has 0 aromatic rings. The van der Waals surface area contributed by atoms with Crippen LogP contribution >= 0.6 is 0 Å². The first kappa shape index (κ1) is 17.8. The summed E-state index contributed by atoms with van der Waals surface area (Å²) in [6.45, 7) is 8.42. The van der Waals surface area contributed by atoms with Gasteiger partial charge in [0.2, 0.25) is 5.91 Å². The topological polar surface area (TPSA) is 82.2 Å². The monoisotopic (exact) mass is 298 g/mol. The molecule has 1 rings (SSSR count). The first-order valence-electron chi connectivity index (χ1n) is 7.90. The first-order chi connectivity index (χ1) is 9.92. The molecule has 0 saturated carbocycles. The summed E-state index contributed by atoms with van der Waals surface area (Å²) in [4.78, 5) is 17.2. The molecule has 0 spiro atoms. The van der Waals surface area contributed by atoms with E-state index in [1.54, 1.807) is 0 Å². The van der Waals surface area contributed by atoms with Crippen molar-refractivity contribution in [1.29, 1.82) is 0 Å². The summed E-state index contributed by atoms with van der Waals surface area (Å²) in [7, 11) is 2.07. The molecule has 1 aliphatic rings. The van der Waals surface area contributed by atoms with Crippen molar-refractivity contribution in [2.24, 2.45) is 16.3 Å². The fraction of sp³-hybridized carbons (Fsp3) is 0.867. The van der Waals surface area contributed by atoms with Crippen LogP contribution in [0.3, 0.4) is 0 Å². The zero-order valence-corrected chi connectivity index (χ0v) is 13.8. The molecule has 1 aliphatic heterocycles. The van der Waals surface area contributed by atoms with Gasteiger partial charge in [-0.25, -0.2) is 0 Å². The van der Waals surface area contributed by atoms with Crippen molar-refractivity contribution in [1.82, 2.24) is 9.80 Å². The van der Waals surface area contributed by atoms with Gasteiger partial charge in [0.05, 0.1) is 0 Å². The largest absolute Gasteiger partial charge is 0.409 e. The molecule has 122 valence electrons. The Morgan fingerprint density at radius 1 is 1.33 bits per heavy atom. The van der Waals surface area contributed by atoms with Gasteiger partial charge in [-0.3, -0.25) is 4.79 Å². The van der Waals surface area contributed by atoms with Crippen LogP contribution in [0.5, 0.6) is 0 Å². The van der Waals surface area contributed by atoms with E-state index >= 15 is 0 Å². The number of amidine groups is 1. The van der Waals surface area contributed by atoms with Crippen molar-refractivity contribution in [3.05, 3.63) is 0 Å². The molecule has 0 bridgehead atoms. The summed E-state index contributed by atoms with van der Waals surface area (Å²) < 4.78 is 0. The van der Waals surface area contributed by atoms with Gasteiger partial charge in [-0.15, -0.1) is 0 Å². The highest BCUT2D eigenvalue weighted by Gasteiger charge is 2.44. The van der Waals surface area contributed by atoms with Crippen molar-refractivity contribution in [2.75, 3.05) is 26.7 Å². The Morgan fingerprint density at radius 3 is 2.33 bits per heavy atom. The van der Waals surface area contributed by atoms with E-state index in [1.165, 1.54) is 0 Å². The van der Waals surface area contributed by atoms with Gasteiger partial charge in [-0.1, -0.05) is 31.8 Å². The van der Waals surface area contributed by atoms with E-state index in [0.717, 1.165) is 19.4 Å². The number of likely N-dealkylation sites (N-methyl/N-ethyl adjacent to an activating group) is 1. The van der Waals surface area contributed by atoms with Gasteiger partial charge < -0.3 is 20.7 Å². The van der Waals surface area contributed by atoms with Crippen molar-refractivity contribution in [2.45, 2.75) is 52.5 Å². The normalized spacial score (nSPS) is 21.6. The maximum absolute atomic E-state index is 13.1. The fourth-order valence-electron chi connectivity index (χ4n) is 3.19. The van der Waals surface area contributed by atoms with Crippen LogP contribution in [0.4, 0.5) is 0 Å². The van der Waals surface area contributed by atoms with Crippen LogP contribution in [0, 0.1) is 5.41 Å². The maximum atomic E-state index is 13.1. The molecule has 0 aromatic heterocycles. The summed E-state index contributed by atoms with van der Waals surface area (Å²) in [6.07, 6.45) is 2.89. The van der Waals surface area contributed by atoms with Gasteiger partial charge in [0, 0.05) is 25.7 Å². The third-order valence-corrected chi connectivity index (χ3v) is 4.61. The SMILES string of the molecule is CCCC(CCC)(C(=O)N1CCN(C)C(C)C1)C(N)=NO. The molecule has 1 heterocycles. The van der Waals surface area contributed by atoms with Crippen LogP contribution < -0.4 is 5.73 Å². The lowest BCUT2D eigenvalue weighted by Gasteiger charge is -2.42. The lowest BCUT2D eigenvalue weighted by atomic mass is 9.76.